The van der Waals surface area contributed by atoms with Crippen LogP contribution in [0.25, 0.3) is 10.8 Å². The first-order chi connectivity index (χ1) is 12.9. The molecule has 0 aromatic heterocycles. The Hall–Kier alpha value is -2.09. The Morgan fingerprint density at radius 1 is 1.00 bits per heavy atom. The topological polar surface area (TPSA) is 67.4 Å². The van der Waals surface area contributed by atoms with E-state index in [2.05, 4.69) is 42.7 Å². The van der Waals surface area contributed by atoms with Crippen molar-refractivity contribution in [2.75, 3.05) is 6.61 Å². The van der Waals surface area contributed by atoms with Crippen LogP contribution in [0, 0.1) is 0 Å². The average molecular weight is 513 g/mol. The minimum absolute atomic E-state index is 0.254. The first-order valence-electron chi connectivity index (χ1n) is 7.79. The van der Waals surface area contributed by atoms with Gasteiger partial charge in [0.2, 0.25) is 0 Å². The zero-order valence-electron chi connectivity index (χ0n) is 13.8. The summed E-state index contributed by atoms with van der Waals surface area (Å²) in [5.41, 5.74) is 4.97. The largest absolute Gasteiger partial charge is 0.483 e. The maximum Gasteiger partial charge on any atom is 0.276 e. The van der Waals surface area contributed by atoms with Crippen LogP contribution in [-0.4, -0.2) is 18.4 Å². The molecular formula is C19H13Br2ClN2O3. The number of carbonyl (C=O) groups excluding carboxylic acids is 2. The molecule has 0 fully saturated rings. The normalized spacial score (nSPS) is 10.5. The van der Waals surface area contributed by atoms with Crippen LogP contribution in [0.15, 0.2) is 63.5 Å². The van der Waals surface area contributed by atoms with Crippen molar-refractivity contribution in [2.24, 2.45) is 0 Å². The number of halogens is 3. The fourth-order valence-corrected chi connectivity index (χ4v) is 3.54. The number of ether oxygens (including phenoxy) is 1. The summed E-state index contributed by atoms with van der Waals surface area (Å²) in [7, 11) is 0. The van der Waals surface area contributed by atoms with Gasteiger partial charge in [-0.1, -0.05) is 45.7 Å². The van der Waals surface area contributed by atoms with Crippen molar-refractivity contribution in [3.8, 4) is 5.75 Å². The lowest BCUT2D eigenvalue weighted by atomic mass is 10.1. The Bertz CT molecular complexity index is 1030. The summed E-state index contributed by atoms with van der Waals surface area (Å²) in [4.78, 5) is 23.9. The maximum atomic E-state index is 12.0. The van der Waals surface area contributed by atoms with E-state index in [0.717, 1.165) is 19.7 Å². The smallest absolute Gasteiger partial charge is 0.276 e. The van der Waals surface area contributed by atoms with Crippen molar-refractivity contribution in [3.63, 3.8) is 0 Å². The van der Waals surface area contributed by atoms with Crippen molar-refractivity contribution in [1.29, 1.82) is 0 Å². The highest BCUT2D eigenvalue weighted by molar-refractivity contribution is 9.11. The summed E-state index contributed by atoms with van der Waals surface area (Å²) >= 11 is 12.8. The van der Waals surface area contributed by atoms with Crippen LogP contribution in [0.5, 0.6) is 5.75 Å². The number of hydrazine groups is 1. The average Bonchev–Trinajstić information content (AvgIpc) is 2.65. The molecule has 0 saturated carbocycles. The maximum absolute atomic E-state index is 12.0. The Morgan fingerprint density at radius 3 is 2.59 bits per heavy atom. The zero-order chi connectivity index (χ0) is 19.4. The number of fused-ring (bicyclic) bond motifs is 1. The first kappa shape index (κ1) is 19.7. The van der Waals surface area contributed by atoms with E-state index in [1.807, 2.05) is 24.3 Å². The number of hydrogen-bond donors (Lipinski definition) is 2. The second-order valence-corrected chi connectivity index (χ2v) is 7.69. The molecule has 0 aliphatic heterocycles. The molecule has 0 saturated heterocycles. The van der Waals surface area contributed by atoms with Gasteiger partial charge in [-0.05, 0) is 63.1 Å². The van der Waals surface area contributed by atoms with Crippen LogP contribution in [0.2, 0.25) is 5.02 Å². The predicted molar refractivity (Wildman–Crippen MR) is 112 cm³/mol. The molecule has 0 heterocycles. The lowest BCUT2D eigenvalue weighted by molar-refractivity contribution is -0.123. The van der Waals surface area contributed by atoms with Gasteiger partial charge in [0.05, 0.1) is 4.47 Å². The minimum Gasteiger partial charge on any atom is -0.483 e. The van der Waals surface area contributed by atoms with Crippen LogP contribution < -0.4 is 15.6 Å². The molecule has 27 heavy (non-hydrogen) atoms. The van der Waals surface area contributed by atoms with Crippen LogP contribution in [-0.2, 0) is 4.79 Å². The van der Waals surface area contributed by atoms with Gasteiger partial charge < -0.3 is 4.74 Å². The van der Waals surface area contributed by atoms with Gasteiger partial charge in [0.25, 0.3) is 11.8 Å². The molecule has 3 aromatic carbocycles. The molecule has 0 spiro atoms. The van der Waals surface area contributed by atoms with Gasteiger partial charge in [-0.3, -0.25) is 20.4 Å². The van der Waals surface area contributed by atoms with Gasteiger partial charge in [-0.25, -0.2) is 0 Å². The summed E-state index contributed by atoms with van der Waals surface area (Å²) in [5, 5.41) is 2.43. The molecule has 0 aliphatic rings. The molecule has 0 atom stereocenters. The van der Waals surface area contributed by atoms with E-state index < -0.39 is 11.8 Å². The van der Waals surface area contributed by atoms with E-state index >= 15 is 0 Å². The standard InChI is InChI=1S/C19H13Br2ClN2O3/c20-13-5-6-15-11(8-13)4-7-16(18(15)21)27-10-17(25)23-24-19(26)12-2-1-3-14(22)9-12/h1-9H,10H2,(H,23,25)(H,24,26). The van der Waals surface area contributed by atoms with Crippen LogP contribution >= 0.6 is 43.5 Å². The number of nitrogens with one attached hydrogen (secondary N) is 2. The molecule has 3 rings (SSSR count). The van der Waals surface area contributed by atoms with Gasteiger partial charge in [-0.15, -0.1) is 0 Å². The SMILES string of the molecule is O=C(COc1ccc2cc(Br)ccc2c1Br)NNC(=O)c1cccc(Cl)c1. The van der Waals surface area contributed by atoms with E-state index in [9.17, 15) is 9.59 Å². The minimum atomic E-state index is -0.492. The highest BCUT2D eigenvalue weighted by Crippen LogP contribution is 2.34. The Kier molecular flexibility index (Phi) is 6.36. The highest BCUT2D eigenvalue weighted by Gasteiger charge is 2.11. The molecule has 5 nitrogen and oxygen atoms in total. The van der Waals surface area contributed by atoms with Crippen molar-refractivity contribution >= 4 is 66.0 Å². The third kappa shape index (κ3) is 5.00. The van der Waals surface area contributed by atoms with E-state index in [-0.39, 0.29) is 6.61 Å². The van der Waals surface area contributed by atoms with E-state index in [1.54, 1.807) is 24.3 Å². The van der Waals surface area contributed by atoms with E-state index in [0.29, 0.717) is 16.3 Å². The third-order valence-corrected chi connectivity index (χ3v) is 5.19. The quantitative estimate of drug-likeness (QED) is 0.491. The molecule has 8 heteroatoms. The Balaban J connectivity index is 1.58. The molecule has 0 bridgehead atoms. The summed E-state index contributed by atoms with van der Waals surface area (Å²) in [6, 6.07) is 15.9. The lowest BCUT2D eigenvalue weighted by Crippen LogP contribution is -2.43. The van der Waals surface area contributed by atoms with E-state index in [4.69, 9.17) is 16.3 Å². The van der Waals surface area contributed by atoms with Gasteiger partial charge in [0, 0.05) is 15.1 Å². The molecule has 0 aliphatic carbocycles. The predicted octanol–water partition coefficient (Wildman–Crippen LogP) is 4.86. The molecule has 3 aromatic rings. The van der Waals surface area contributed by atoms with Gasteiger partial charge >= 0.3 is 0 Å². The van der Waals surface area contributed by atoms with E-state index in [1.165, 1.54) is 6.07 Å². The monoisotopic (exact) mass is 510 g/mol. The van der Waals surface area contributed by atoms with Gasteiger partial charge in [0.1, 0.15) is 5.75 Å². The highest BCUT2D eigenvalue weighted by atomic mass is 79.9. The zero-order valence-corrected chi connectivity index (χ0v) is 17.7. The second kappa shape index (κ2) is 8.73. The molecule has 2 N–H and O–H groups in total. The number of hydrogen-bond acceptors (Lipinski definition) is 3. The molecule has 2 amide bonds. The number of amides is 2. The molecule has 0 radical (unpaired) electrons. The third-order valence-electron chi connectivity index (χ3n) is 3.64. The number of carbonyl (C=O) groups is 2. The number of rotatable bonds is 4. The van der Waals surface area contributed by atoms with Crippen LogP contribution in [0.4, 0.5) is 0 Å². The first-order valence-corrected chi connectivity index (χ1v) is 9.76. The fraction of sp³-hybridized carbons (Fsp3) is 0.0526. The van der Waals surface area contributed by atoms with Crippen molar-refractivity contribution in [3.05, 3.63) is 74.1 Å². The van der Waals surface area contributed by atoms with Crippen molar-refractivity contribution in [2.45, 2.75) is 0 Å². The summed E-state index contributed by atoms with van der Waals surface area (Å²) in [5.74, 6) is -0.433. The summed E-state index contributed by atoms with van der Waals surface area (Å²) in [6.07, 6.45) is 0. The van der Waals surface area contributed by atoms with Crippen LogP contribution in [0.1, 0.15) is 10.4 Å². The lowest BCUT2D eigenvalue weighted by Gasteiger charge is -2.11. The Morgan fingerprint density at radius 2 is 1.81 bits per heavy atom. The molecule has 0 unspecified atom stereocenters. The van der Waals surface area contributed by atoms with Crippen molar-refractivity contribution < 1.29 is 14.3 Å². The Labute approximate surface area is 177 Å². The second-order valence-electron chi connectivity index (χ2n) is 5.54. The van der Waals surface area contributed by atoms with Crippen LogP contribution in [0.3, 0.4) is 0 Å². The summed E-state index contributed by atoms with van der Waals surface area (Å²) in [6.45, 7) is -0.254. The fourth-order valence-electron chi connectivity index (χ4n) is 2.36. The van der Waals surface area contributed by atoms with Gasteiger partial charge in [-0.2, -0.15) is 0 Å². The van der Waals surface area contributed by atoms with Crippen molar-refractivity contribution in [1.82, 2.24) is 10.9 Å². The van der Waals surface area contributed by atoms with Gasteiger partial charge in [0.15, 0.2) is 6.61 Å². The number of benzene rings is 3. The summed E-state index contributed by atoms with van der Waals surface area (Å²) < 4.78 is 7.28. The molecular weight excluding hydrogens is 499 g/mol. The molecule has 138 valence electrons.